The molecule has 3 N–H and O–H groups in total. The number of halogens is 2. The van der Waals surface area contributed by atoms with E-state index in [9.17, 15) is 4.39 Å². The van der Waals surface area contributed by atoms with Crippen LogP contribution in [-0.2, 0) is 6.54 Å². The summed E-state index contributed by atoms with van der Waals surface area (Å²) in [6, 6.07) is 6.35. The van der Waals surface area contributed by atoms with Crippen molar-refractivity contribution in [3.05, 3.63) is 46.4 Å². The Morgan fingerprint density at radius 1 is 1.32 bits per heavy atom. The zero-order valence-electron chi connectivity index (χ0n) is 10.3. The molecule has 0 saturated carbocycles. The van der Waals surface area contributed by atoms with Crippen LogP contribution in [-0.4, -0.2) is 17.0 Å². The van der Waals surface area contributed by atoms with Gasteiger partial charge < -0.3 is 10.3 Å². The number of hydrogen-bond donors (Lipinski definition) is 2. The van der Waals surface area contributed by atoms with Gasteiger partial charge in [0.1, 0.15) is 22.4 Å². The summed E-state index contributed by atoms with van der Waals surface area (Å²) in [5, 5.41) is 0. The monoisotopic (exact) mass is 325 g/mol. The van der Waals surface area contributed by atoms with Crippen LogP contribution in [0.5, 0.6) is 0 Å². The zero-order chi connectivity index (χ0) is 13.8. The highest BCUT2D eigenvalue weighted by Crippen LogP contribution is 2.28. The maximum Gasteiger partial charge on any atom is 0.159 e. The summed E-state index contributed by atoms with van der Waals surface area (Å²) in [6.07, 6.45) is 1.43. The Balaban J connectivity index is 2.20. The molecule has 0 fully saturated rings. The minimum atomic E-state index is -0.246. The van der Waals surface area contributed by atoms with Crippen molar-refractivity contribution in [3.63, 3.8) is 0 Å². The summed E-state index contributed by atoms with van der Waals surface area (Å²) >= 11 is 3.40. The first-order valence-electron chi connectivity index (χ1n) is 5.54. The van der Waals surface area contributed by atoms with E-state index in [0.717, 1.165) is 5.56 Å². The maximum atomic E-state index is 12.8. The second-order valence-electron chi connectivity index (χ2n) is 3.99. The van der Waals surface area contributed by atoms with E-state index in [2.05, 4.69) is 31.3 Å². The third-order valence-electron chi connectivity index (χ3n) is 2.60. The average molecular weight is 326 g/mol. The van der Waals surface area contributed by atoms with Gasteiger partial charge in [-0.3, -0.25) is 0 Å². The van der Waals surface area contributed by atoms with Crippen LogP contribution in [0.1, 0.15) is 5.56 Å². The minimum Gasteiger partial charge on any atom is -0.354 e. The van der Waals surface area contributed by atoms with Gasteiger partial charge in [0.25, 0.3) is 0 Å². The van der Waals surface area contributed by atoms with Gasteiger partial charge in [0.15, 0.2) is 5.82 Å². The van der Waals surface area contributed by atoms with Crippen LogP contribution in [0, 0.1) is 5.82 Å². The molecule has 0 spiro atoms. The predicted molar refractivity (Wildman–Crippen MR) is 76.0 cm³/mol. The van der Waals surface area contributed by atoms with Gasteiger partial charge in [-0.05, 0) is 33.6 Å². The number of nitrogen functional groups attached to an aromatic ring is 1. The van der Waals surface area contributed by atoms with Gasteiger partial charge in [0, 0.05) is 13.6 Å². The SMILES string of the molecule is CN(Cc1ccc(F)cc1)c1ncnc(NN)c1Br. The van der Waals surface area contributed by atoms with Crippen molar-refractivity contribution in [2.75, 3.05) is 17.4 Å². The number of benzene rings is 1. The molecule has 7 heteroatoms. The molecule has 0 radical (unpaired) electrons. The first-order chi connectivity index (χ1) is 9.11. The molecule has 0 amide bonds. The molecule has 19 heavy (non-hydrogen) atoms. The quantitative estimate of drug-likeness (QED) is 0.667. The van der Waals surface area contributed by atoms with E-state index in [4.69, 9.17) is 5.84 Å². The highest BCUT2D eigenvalue weighted by molar-refractivity contribution is 9.10. The highest BCUT2D eigenvalue weighted by Gasteiger charge is 2.12. The third kappa shape index (κ3) is 3.18. The molecule has 100 valence electrons. The molecule has 0 saturated heterocycles. The number of hydrazine groups is 1. The molecule has 1 heterocycles. The fourth-order valence-electron chi connectivity index (χ4n) is 1.67. The van der Waals surface area contributed by atoms with Crippen LogP contribution < -0.4 is 16.2 Å². The molecule has 0 aliphatic rings. The standard InChI is InChI=1S/C12H13BrFN5/c1-19(6-8-2-4-9(14)5-3-8)12-10(13)11(18-15)16-7-17-12/h2-5,7H,6,15H2,1H3,(H,16,17,18). The van der Waals surface area contributed by atoms with Gasteiger partial charge >= 0.3 is 0 Å². The molecule has 0 aliphatic heterocycles. The number of anilines is 2. The van der Waals surface area contributed by atoms with Crippen LogP contribution in [0.25, 0.3) is 0 Å². The number of rotatable bonds is 4. The first kappa shape index (κ1) is 13.7. The molecule has 1 aromatic heterocycles. The highest BCUT2D eigenvalue weighted by atomic mass is 79.9. The summed E-state index contributed by atoms with van der Waals surface area (Å²) in [5.41, 5.74) is 3.47. The third-order valence-corrected chi connectivity index (χ3v) is 3.33. The lowest BCUT2D eigenvalue weighted by Gasteiger charge is -2.20. The summed E-state index contributed by atoms with van der Waals surface area (Å²) in [4.78, 5) is 10.1. The van der Waals surface area contributed by atoms with Crippen LogP contribution >= 0.6 is 15.9 Å². The zero-order valence-corrected chi connectivity index (χ0v) is 11.9. The van der Waals surface area contributed by atoms with Crippen molar-refractivity contribution < 1.29 is 4.39 Å². The predicted octanol–water partition coefficient (Wildman–Crippen LogP) is 2.30. The number of aromatic nitrogens is 2. The Bertz CT molecular complexity index is 561. The fourth-order valence-corrected chi connectivity index (χ4v) is 2.29. The molecule has 0 aliphatic carbocycles. The van der Waals surface area contributed by atoms with Crippen molar-refractivity contribution in [2.24, 2.45) is 5.84 Å². The van der Waals surface area contributed by atoms with Gasteiger partial charge in [-0.2, -0.15) is 0 Å². The summed E-state index contributed by atoms with van der Waals surface area (Å²) in [7, 11) is 1.89. The Hall–Kier alpha value is -1.73. The smallest absolute Gasteiger partial charge is 0.159 e. The molecule has 0 unspecified atom stereocenters. The lowest BCUT2D eigenvalue weighted by molar-refractivity contribution is 0.627. The number of nitrogens with one attached hydrogen (secondary N) is 1. The Morgan fingerprint density at radius 2 is 2.00 bits per heavy atom. The van der Waals surface area contributed by atoms with Crippen LogP contribution in [0.15, 0.2) is 35.1 Å². The van der Waals surface area contributed by atoms with E-state index in [1.165, 1.54) is 18.5 Å². The van der Waals surface area contributed by atoms with Crippen LogP contribution in [0.3, 0.4) is 0 Å². The molecule has 0 bridgehead atoms. The largest absolute Gasteiger partial charge is 0.354 e. The second-order valence-corrected chi connectivity index (χ2v) is 4.78. The Labute approximate surface area is 118 Å². The topological polar surface area (TPSA) is 67.1 Å². The first-order valence-corrected chi connectivity index (χ1v) is 6.34. The van der Waals surface area contributed by atoms with E-state index in [1.807, 2.05) is 11.9 Å². The Morgan fingerprint density at radius 3 is 2.63 bits per heavy atom. The summed E-state index contributed by atoms with van der Waals surface area (Å²) in [5.74, 6) is 6.32. The van der Waals surface area contributed by atoms with Gasteiger partial charge in [-0.15, -0.1) is 0 Å². The van der Waals surface area contributed by atoms with Crippen molar-refractivity contribution >= 4 is 27.6 Å². The van der Waals surface area contributed by atoms with E-state index in [0.29, 0.717) is 22.7 Å². The van der Waals surface area contributed by atoms with Gasteiger partial charge in [-0.1, -0.05) is 12.1 Å². The number of hydrogen-bond acceptors (Lipinski definition) is 5. The minimum absolute atomic E-state index is 0.246. The van der Waals surface area contributed by atoms with Crippen LogP contribution in [0.4, 0.5) is 16.0 Å². The molecule has 5 nitrogen and oxygen atoms in total. The maximum absolute atomic E-state index is 12.8. The van der Waals surface area contributed by atoms with Crippen molar-refractivity contribution in [1.29, 1.82) is 0 Å². The van der Waals surface area contributed by atoms with Crippen molar-refractivity contribution in [1.82, 2.24) is 9.97 Å². The number of nitrogens with zero attached hydrogens (tertiary/aromatic N) is 3. The molecule has 2 aromatic rings. The fraction of sp³-hybridized carbons (Fsp3) is 0.167. The average Bonchev–Trinajstić information content (AvgIpc) is 2.41. The summed E-state index contributed by atoms with van der Waals surface area (Å²) < 4.78 is 13.5. The lowest BCUT2D eigenvalue weighted by atomic mass is 10.2. The van der Waals surface area contributed by atoms with Crippen molar-refractivity contribution in [2.45, 2.75) is 6.54 Å². The van der Waals surface area contributed by atoms with E-state index in [-0.39, 0.29) is 5.82 Å². The Kier molecular flexibility index (Phi) is 4.28. The number of nitrogens with two attached hydrogens (primary N) is 1. The van der Waals surface area contributed by atoms with E-state index in [1.54, 1.807) is 12.1 Å². The van der Waals surface area contributed by atoms with Gasteiger partial charge in [0.2, 0.25) is 0 Å². The molecule has 1 aromatic carbocycles. The van der Waals surface area contributed by atoms with Crippen molar-refractivity contribution in [3.8, 4) is 0 Å². The second kappa shape index (κ2) is 5.94. The normalized spacial score (nSPS) is 10.3. The molecule has 0 atom stereocenters. The molecular formula is C12H13BrFN5. The summed E-state index contributed by atoms with van der Waals surface area (Å²) in [6.45, 7) is 0.597. The molecular weight excluding hydrogens is 313 g/mol. The molecule has 2 rings (SSSR count). The van der Waals surface area contributed by atoms with Gasteiger partial charge in [-0.25, -0.2) is 20.2 Å². The lowest BCUT2D eigenvalue weighted by Crippen LogP contribution is -2.20. The van der Waals surface area contributed by atoms with Crippen LogP contribution in [0.2, 0.25) is 0 Å². The van der Waals surface area contributed by atoms with Gasteiger partial charge in [0.05, 0.1) is 0 Å². The van der Waals surface area contributed by atoms with E-state index >= 15 is 0 Å². The van der Waals surface area contributed by atoms with E-state index < -0.39 is 0 Å².